The fourth-order valence-corrected chi connectivity index (χ4v) is 3.65. The fourth-order valence-electron chi connectivity index (χ4n) is 3.65. The van der Waals surface area contributed by atoms with Crippen molar-refractivity contribution in [3.8, 4) is 5.75 Å². The first kappa shape index (κ1) is 21.4. The number of para-hydroxylation sites is 2. The summed E-state index contributed by atoms with van der Waals surface area (Å²) in [6.45, 7) is 2.19. The molecular formula is C26H27N3O3. The molecule has 0 radical (unpaired) electrons. The highest BCUT2D eigenvalue weighted by molar-refractivity contribution is 5.96. The Labute approximate surface area is 188 Å². The molecule has 2 N–H and O–H groups in total. The second kappa shape index (κ2) is 10.5. The van der Waals surface area contributed by atoms with Gasteiger partial charge in [0.2, 0.25) is 5.91 Å². The Bertz CT molecular complexity index is 1050. The first-order valence-electron chi connectivity index (χ1n) is 10.9. The van der Waals surface area contributed by atoms with Crippen LogP contribution in [0.5, 0.6) is 5.75 Å². The van der Waals surface area contributed by atoms with Crippen molar-refractivity contribution < 1.29 is 14.3 Å². The van der Waals surface area contributed by atoms with Crippen LogP contribution in [-0.4, -0.2) is 36.3 Å². The molecule has 1 heterocycles. The number of ether oxygens (including phenoxy) is 1. The number of nitrogens with zero attached hydrogens (tertiary/aromatic N) is 1. The van der Waals surface area contributed by atoms with E-state index in [9.17, 15) is 9.59 Å². The average molecular weight is 430 g/mol. The third-order valence-corrected chi connectivity index (χ3v) is 5.37. The zero-order valence-corrected chi connectivity index (χ0v) is 17.9. The molecule has 164 valence electrons. The Hall–Kier alpha value is -3.80. The van der Waals surface area contributed by atoms with Gasteiger partial charge in [-0.15, -0.1) is 0 Å². The minimum Gasteiger partial charge on any atom is -0.487 e. The fraction of sp³-hybridized carbons (Fsp3) is 0.231. The van der Waals surface area contributed by atoms with Gasteiger partial charge in [0, 0.05) is 24.3 Å². The molecule has 0 aromatic heterocycles. The van der Waals surface area contributed by atoms with Crippen molar-refractivity contribution in [3.63, 3.8) is 0 Å². The van der Waals surface area contributed by atoms with E-state index in [0.717, 1.165) is 37.2 Å². The molecule has 0 atom stereocenters. The van der Waals surface area contributed by atoms with Crippen LogP contribution in [0.4, 0.5) is 11.4 Å². The van der Waals surface area contributed by atoms with E-state index in [1.807, 2.05) is 59.5 Å². The molecule has 2 amide bonds. The molecule has 0 bridgehead atoms. The number of hydrogen-bond acceptors (Lipinski definition) is 4. The molecular weight excluding hydrogens is 402 g/mol. The van der Waals surface area contributed by atoms with E-state index < -0.39 is 0 Å². The van der Waals surface area contributed by atoms with Crippen LogP contribution in [0.3, 0.4) is 0 Å². The molecule has 3 aromatic rings. The van der Waals surface area contributed by atoms with Gasteiger partial charge in [0.1, 0.15) is 12.4 Å². The van der Waals surface area contributed by atoms with E-state index in [2.05, 4.69) is 10.6 Å². The first-order chi connectivity index (χ1) is 15.7. The number of rotatable bonds is 8. The lowest BCUT2D eigenvalue weighted by atomic mass is 10.2. The van der Waals surface area contributed by atoms with Gasteiger partial charge in [-0.2, -0.15) is 0 Å². The Morgan fingerprint density at radius 3 is 2.28 bits per heavy atom. The van der Waals surface area contributed by atoms with Crippen LogP contribution < -0.4 is 15.4 Å². The van der Waals surface area contributed by atoms with Gasteiger partial charge in [-0.3, -0.25) is 9.59 Å². The summed E-state index contributed by atoms with van der Waals surface area (Å²) >= 11 is 0. The summed E-state index contributed by atoms with van der Waals surface area (Å²) < 4.78 is 5.92. The summed E-state index contributed by atoms with van der Waals surface area (Å²) in [5, 5.41) is 6.00. The number of amides is 2. The number of hydrogen-bond donors (Lipinski definition) is 2. The van der Waals surface area contributed by atoms with Crippen LogP contribution >= 0.6 is 0 Å². The van der Waals surface area contributed by atoms with Gasteiger partial charge < -0.3 is 20.3 Å². The van der Waals surface area contributed by atoms with E-state index in [1.165, 1.54) is 0 Å². The quantitative estimate of drug-likeness (QED) is 0.551. The van der Waals surface area contributed by atoms with Crippen LogP contribution in [0.15, 0.2) is 78.9 Å². The van der Waals surface area contributed by atoms with E-state index in [1.54, 1.807) is 24.3 Å². The summed E-state index contributed by atoms with van der Waals surface area (Å²) in [7, 11) is 0. The lowest BCUT2D eigenvalue weighted by Crippen LogP contribution is -2.27. The van der Waals surface area contributed by atoms with Crippen molar-refractivity contribution >= 4 is 23.2 Å². The maximum Gasteiger partial charge on any atom is 0.253 e. The molecule has 1 aliphatic heterocycles. The molecule has 6 nitrogen and oxygen atoms in total. The van der Waals surface area contributed by atoms with Crippen LogP contribution in [0.2, 0.25) is 0 Å². The summed E-state index contributed by atoms with van der Waals surface area (Å²) in [4.78, 5) is 26.7. The number of nitrogens with one attached hydrogen (secondary N) is 2. The third kappa shape index (κ3) is 5.66. The highest BCUT2D eigenvalue weighted by atomic mass is 16.5. The number of anilines is 2. The van der Waals surface area contributed by atoms with Gasteiger partial charge in [-0.1, -0.05) is 42.5 Å². The molecule has 4 rings (SSSR count). The second-order valence-corrected chi connectivity index (χ2v) is 7.75. The smallest absolute Gasteiger partial charge is 0.253 e. The van der Waals surface area contributed by atoms with Crippen LogP contribution in [0.1, 0.15) is 28.8 Å². The van der Waals surface area contributed by atoms with E-state index in [-0.39, 0.29) is 18.4 Å². The van der Waals surface area contributed by atoms with Crippen LogP contribution in [0.25, 0.3) is 0 Å². The van der Waals surface area contributed by atoms with Gasteiger partial charge in [-0.25, -0.2) is 0 Å². The second-order valence-electron chi connectivity index (χ2n) is 7.75. The maximum absolute atomic E-state index is 12.4. The van der Waals surface area contributed by atoms with Gasteiger partial charge >= 0.3 is 0 Å². The largest absolute Gasteiger partial charge is 0.487 e. The molecule has 1 fully saturated rings. The van der Waals surface area contributed by atoms with E-state index in [0.29, 0.717) is 23.6 Å². The van der Waals surface area contributed by atoms with Crippen molar-refractivity contribution in [2.75, 3.05) is 30.3 Å². The minimum absolute atomic E-state index is 0.0501. The third-order valence-electron chi connectivity index (χ3n) is 5.37. The monoisotopic (exact) mass is 429 g/mol. The van der Waals surface area contributed by atoms with Crippen molar-refractivity contribution in [2.45, 2.75) is 19.4 Å². The molecule has 0 spiro atoms. The SMILES string of the molecule is O=C(CNc1ccccc1OCc1ccccc1)Nc1ccc(C(=O)N2CCCC2)cc1. The number of benzene rings is 3. The molecule has 1 saturated heterocycles. The molecule has 0 unspecified atom stereocenters. The summed E-state index contributed by atoms with van der Waals surface area (Å²) in [5.41, 5.74) is 3.13. The minimum atomic E-state index is -0.179. The Balaban J connectivity index is 1.29. The van der Waals surface area contributed by atoms with Crippen molar-refractivity contribution in [2.24, 2.45) is 0 Å². The topological polar surface area (TPSA) is 70.7 Å². The van der Waals surface area contributed by atoms with Gasteiger partial charge in [-0.05, 0) is 54.8 Å². The predicted molar refractivity (Wildman–Crippen MR) is 126 cm³/mol. The van der Waals surface area contributed by atoms with Gasteiger partial charge in [0.05, 0.1) is 12.2 Å². The Morgan fingerprint density at radius 1 is 0.844 bits per heavy atom. The highest BCUT2D eigenvalue weighted by Gasteiger charge is 2.19. The highest BCUT2D eigenvalue weighted by Crippen LogP contribution is 2.24. The van der Waals surface area contributed by atoms with Crippen molar-refractivity contribution in [1.82, 2.24) is 4.90 Å². The maximum atomic E-state index is 12.4. The van der Waals surface area contributed by atoms with E-state index >= 15 is 0 Å². The van der Waals surface area contributed by atoms with E-state index in [4.69, 9.17) is 4.74 Å². The molecule has 0 saturated carbocycles. The zero-order chi connectivity index (χ0) is 22.2. The average Bonchev–Trinajstić information content (AvgIpc) is 3.38. The van der Waals surface area contributed by atoms with Crippen molar-refractivity contribution in [3.05, 3.63) is 90.0 Å². The summed E-state index contributed by atoms with van der Waals surface area (Å²) in [5.74, 6) is 0.560. The standard InChI is InChI=1S/C26H27N3O3/c30-25(28-22-14-12-21(13-15-22)26(31)29-16-6-7-17-29)18-27-23-10-4-5-11-24(23)32-19-20-8-2-1-3-9-20/h1-5,8-15,27H,6-7,16-19H2,(H,28,30). The molecule has 3 aromatic carbocycles. The summed E-state index contributed by atoms with van der Waals surface area (Å²) in [6.07, 6.45) is 2.13. The zero-order valence-electron chi connectivity index (χ0n) is 17.9. The Kier molecular flexibility index (Phi) is 7.02. The van der Waals surface area contributed by atoms with Gasteiger partial charge in [0.25, 0.3) is 5.91 Å². The molecule has 32 heavy (non-hydrogen) atoms. The molecule has 0 aliphatic carbocycles. The predicted octanol–water partition coefficient (Wildman–Crippen LogP) is 4.55. The number of carbonyl (C=O) groups is 2. The molecule has 6 heteroatoms. The Morgan fingerprint density at radius 2 is 1.53 bits per heavy atom. The lowest BCUT2D eigenvalue weighted by Gasteiger charge is -2.15. The van der Waals surface area contributed by atoms with Crippen LogP contribution in [0, 0.1) is 0 Å². The lowest BCUT2D eigenvalue weighted by molar-refractivity contribution is -0.114. The number of likely N-dealkylation sites (tertiary alicyclic amines) is 1. The number of carbonyl (C=O) groups excluding carboxylic acids is 2. The van der Waals surface area contributed by atoms with Gasteiger partial charge in [0.15, 0.2) is 0 Å². The summed E-state index contributed by atoms with van der Waals surface area (Å²) in [6, 6.07) is 24.5. The first-order valence-corrected chi connectivity index (χ1v) is 10.9. The van der Waals surface area contributed by atoms with Crippen LogP contribution in [-0.2, 0) is 11.4 Å². The normalized spacial score (nSPS) is 12.9. The molecule has 1 aliphatic rings. The van der Waals surface area contributed by atoms with Crippen molar-refractivity contribution in [1.29, 1.82) is 0 Å².